The van der Waals surface area contributed by atoms with Gasteiger partial charge < -0.3 is 15.0 Å². The molecule has 1 fully saturated rings. The Hall–Kier alpha value is -1.69. The van der Waals surface area contributed by atoms with Crippen LogP contribution < -0.4 is 10.1 Å². The van der Waals surface area contributed by atoms with E-state index in [1.165, 1.54) is 10.5 Å². The SMILES string of the molecule is COc1ccccc1C1CNCCN1C(=O)CSc1ccccc1C.Cl. The number of piperazine rings is 1. The quantitative estimate of drug-likeness (QED) is 0.788. The van der Waals surface area contributed by atoms with Crippen molar-refractivity contribution in [2.45, 2.75) is 17.9 Å². The highest BCUT2D eigenvalue weighted by Crippen LogP contribution is 2.31. The largest absolute Gasteiger partial charge is 0.496 e. The minimum absolute atomic E-state index is 0. The second-order valence-electron chi connectivity index (χ2n) is 6.10. The molecule has 140 valence electrons. The number of amides is 1. The topological polar surface area (TPSA) is 41.6 Å². The van der Waals surface area contributed by atoms with Crippen molar-refractivity contribution in [1.82, 2.24) is 10.2 Å². The van der Waals surface area contributed by atoms with Crippen molar-refractivity contribution in [2.24, 2.45) is 0 Å². The number of ether oxygens (including phenoxy) is 1. The van der Waals surface area contributed by atoms with Crippen LogP contribution in [0.5, 0.6) is 5.75 Å². The molecule has 2 aromatic rings. The summed E-state index contributed by atoms with van der Waals surface area (Å²) in [7, 11) is 1.68. The van der Waals surface area contributed by atoms with E-state index in [-0.39, 0.29) is 24.4 Å². The Morgan fingerprint density at radius 2 is 1.96 bits per heavy atom. The summed E-state index contributed by atoms with van der Waals surface area (Å²) in [6.07, 6.45) is 0. The molecule has 1 N–H and O–H groups in total. The van der Waals surface area contributed by atoms with Crippen molar-refractivity contribution in [2.75, 3.05) is 32.5 Å². The first-order valence-electron chi connectivity index (χ1n) is 8.52. The molecular formula is C20H25ClN2O2S. The monoisotopic (exact) mass is 392 g/mol. The average molecular weight is 393 g/mol. The van der Waals surface area contributed by atoms with Crippen LogP contribution in [0.3, 0.4) is 0 Å². The normalized spacial score (nSPS) is 16.7. The molecule has 1 unspecified atom stereocenters. The lowest BCUT2D eigenvalue weighted by Gasteiger charge is -2.37. The van der Waals surface area contributed by atoms with Crippen molar-refractivity contribution < 1.29 is 9.53 Å². The summed E-state index contributed by atoms with van der Waals surface area (Å²) in [6.45, 7) is 4.37. The Morgan fingerprint density at radius 3 is 2.73 bits per heavy atom. The zero-order chi connectivity index (χ0) is 17.6. The van der Waals surface area contributed by atoms with Crippen molar-refractivity contribution in [3.63, 3.8) is 0 Å². The van der Waals surface area contributed by atoms with Gasteiger partial charge in [-0.1, -0.05) is 36.4 Å². The van der Waals surface area contributed by atoms with E-state index in [4.69, 9.17) is 4.74 Å². The molecule has 1 saturated heterocycles. The van der Waals surface area contributed by atoms with Crippen LogP contribution in [0, 0.1) is 6.92 Å². The van der Waals surface area contributed by atoms with Gasteiger partial charge in [-0.3, -0.25) is 4.79 Å². The summed E-state index contributed by atoms with van der Waals surface area (Å²) in [5.41, 5.74) is 2.27. The van der Waals surface area contributed by atoms with Crippen molar-refractivity contribution in [3.05, 3.63) is 59.7 Å². The Bertz CT molecular complexity index is 741. The van der Waals surface area contributed by atoms with Gasteiger partial charge in [-0.05, 0) is 24.6 Å². The van der Waals surface area contributed by atoms with E-state index in [1.807, 2.05) is 41.3 Å². The first kappa shape index (κ1) is 20.6. The van der Waals surface area contributed by atoms with E-state index >= 15 is 0 Å². The second kappa shape index (κ2) is 9.86. The molecule has 0 saturated carbocycles. The van der Waals surface area contributed by atoms with Gasteiger partial charge in [0.1, 0.15) is 5.75 Å². The van der Waals surface area contributed by atoms with Crippen LogP contribution >= 0.6 is 24.2 Å². The first-order chi connectivity index (χ1) is 12.2. The van der Waals surface area contributed by atoms with Gasteiger partial charge in [-0.15, -0.1) is 24.2 Å². The summed E-state index contributed by atoms with van der Waals surface area (Å²) >= 11 is 1.61. The highest BCUT2D eigenvalue weighted by molar-refractivity contribution is 8.00. The standard InChI is InChI=1S/C20H24N2O2S.ClH/c1-15-7-3-6-10-19(15)25-14-20(23)22-12-11-21-13-17(22)16-8-4-5-9-18(16)24-2;/h3-10,17,21H,11-14H2,1-2H3;1H. The fourth-order valence-corrected chi connectivity index (χ4v) is 4.08. The summed E-state index contributed by atoms with van der Waals surface area (Å²) in [5, 5.41) is 3.40. The van der Waals surface area contributed by atoms with E-state index in [0.717, 1.165) is 30.9 Å². The summed E-state index contributed by atoms with van der Waals surface area (Å²) in [5.74, 6) is 1.46. The number of carbonyl (C=O) groups is 1. The van der Waals surface area contributed by atoms with Crippen LogP contribution in [0.25, 0.3) is 0 Å². The van der Waals surface area contributed by atoms with E-state index < -0.39 is 0 Å². The minimum atomic E-state index is 0. The molecule has 0 bridgehead atoms. The van der Waals surface area contributed by atoms with Gasteiger partial charge in [0, 0.05) is 30.1 Å². The van der Waals surface area contributed by atoms with E-state index in [2.05, 4.69) is 24.4 Å². The molecule has 0 aromatic heterocycles. The average Bonchev–Trinajstić information content (AvgIpc) is 2.67. The smallest absolute Gasteiger partial charge is 0.233 e. The molecule has 0 spiro atoms. The van der Waals surface area contributed by atoms with Gasteiger partial charge in [0.25, 0.3) is 0 Å². The van der Waals surface area contributed by atoms with Gasteiger partial charge in [-0.2, -0.15) is 0 Å². The lowest BCUT2D eigenvalue weighted by atomic mass is 10.0. The van der Waals surface area contributed by atoms with Crippen LogP contribution in [0.1, 0.15) is 17.2 Å². The number of nitrogens with one attached hydrogen (secondary N) is 1. The molecule has 4 nitrogen and oxygen atoms in total. The van der Waals surface area contributed by atoms with E-state index in [1.54, 1.807) is 18.9 Å². The minimum Gasteiger partial charge on any atom is -0.496 e. The Balaban J connectivity index is 0.00000243. The molecule has 0 aliphatic carbocycles. The zero-order valence-corrected chi connectivity index (χ0v) is 16.7. The number of nitrogens with zero attached hydrogens (tertiary/aromatic N) is 1. The van der Waals surface area contributed by atoms with Gasteiger partial charge in [0.15, 0.2) is 0 Å². The maximum atomic E-state index is 12.9. The predicted molar refractivity (Wildman–Crippen MR) is 109 cm³/mol. The molecule has 1 atom stereocenters. The first-order valence-corrected chi connectivity index (χ1v) is 9.51. The van der Waals surface area contributed by atoms with Gasteiger partial charge in [0.2, 0.25) is 5.91 Å². The maximum absolute atomic E-state index is 12.9. The summed E-state index contributed by atoms with van der Waals surface area (Å²) in [6, 6.07) is 16.2. The number of hydrogen-bond donors (Lipinski definition) is 1. The van der Waals surface area contributed by atoms with E-state index in [0.29, 0.717) is 5.75 Å². The molecule has 1 heterocycles. The highest BCUT2D eigenvalue weighted by atomic mass is 35.5. The predicted octanol–water partition coefficient (Wildman–Crippen LogP) is 3.69. The number of halogens is 1. The van der Waals surface area contributed by atoms with Gasteiger partial charge >= 0.3 is 0 Å². The Kier molecular flexibility index (Phi) is 7.82. The third-order valence-corrected chi connectivity index (χ3v) is 5.67. The van der Waals surface area contributed by atoms with E-state index in [9.17, 15) is 4.79 Å². The van der Waals surface area contributed by atoms with Crippen LogP contribution in [0.2, 0.25) is 0 Å². The fraction of sp³-hybridized carbons (Fsp3) is 0.350. The molecule has 2 aromatic carbocycles. The number of thioether (sulfide) groups is 1. The lowest BCUT2D eigenvalue weighted by molar-refractivity contribution is -0.131. The zero-order valence-electron chi connectivity index (χ0n) is 15.1. The Morgan fingerprint density at radius 1 is 1.23 bits per heavy atom. The number of benzene rings is 2. The fourth-order valence-electron chi connectivity index (χ4n) is 3.16. The lowest BCUT2D eigenvalue weighted by Crippen LogP contribution is -2.49. The van der Waals surface area contributed by atoms with Crippen molar-refractivity contribution in [3.8, 4) is 5.75 Å². The maximum Gasteiger partial charge on any atom is 0.233 e. The molecule has 0 radical (unpaired) electrons. The van der Waals surface area contributed by atoms with Gasteiger partial charge in [0.05, 0.1) is 18.9 Å². The molecule has 1 amide bonds. The van der Waals surface area contributed by atoms with Crippen molar-refractivity contribution in [1.29, 1.82) is 0 Å². The van der Waals surface area contributed by atoms with Crippen LogP contribution in [0.4, 0.5) is 0 Å². The van der Waals surface area contributed by atoms with Crippen LogP contribution in [-0.4, -0.2) is 43.3 Å². The molecule has 26 heavy (non-hydrogen) atoms. The molecule has 1 aliphatic rings. The van der Waals surface area contributed by atoms with Crippen LogP contribution in [0.15, 0.2) is 53.4 Å². The number of para-hydroxylation sites is 1. The number of carbonyl (C=O) groups excluding carboxylic acids is 1. The van der Waals surface area contributed by atoms with Crippen molar-refractivity contribution >= 4 is 30.1 Å². The number of aryl methyl sites for hydroxylation is 1. The summed E-state index contributed by atoms with van der Waals surface area (Å²) < 4.78 is 5.50. The third-order valence-electron chi connectivity index (χ3n) is 4.51. The molecule has 3 rings (SSSR count). The highest BCUT2D eigenvalue weighted by Gasteiger charge is 2.29. The molecule has 6 heteroatoms. The summed E-state index contributed by atoms with van der Waals surface area (Å²) in [4.78, 5) is 16.1. The Labute approximate surface area is 165 Å². The number of hydrogen-bond acceptors (Lipinski definition) is 4. The second-order valence-corrected chi connectivity index (χ2v) is 7.12. The number of methoxy groups -OCH3 is 1. The molecular weight excluding hydrogens is 368 g/mol. The van der Waals surface area contributed by atoms with Crippen LogP contribution in [-0.2, 0) is 4.79 Å². The molecule has 1 aliphatic heterocycles. The number of rotatable bonds is 5. The third kappa shape index (κ3) is 4.72. The van der Waals surface area contributed by atoms with Gasteiger partial charge in [-0.25, -0.2) is 0 Å².